The molecule has 20 heavy (non-hydrogen) atoms. The molecule has 0 aliphatic heterocycles. The average Bonchev–Trinajstić information content (AvgIpc) is 2.48. The quantitative estimate of drug-likeness (QED) is 0.821. The molecule has 0 atom stereocenters. The Kier molecular flexibility index (Phi) is 4.71. The normalized spacial score (nSPS) is 10.1. The van der Waals surface area contributed by atoms with Crippen molar-refractivity contribution in [3.05, 3.63) is 48.5 Å². The molecular formula is C16H20N2O2. The summed E-state index contributed by atoms with van der Waals surface area (Å²) < 4.78 is 10.8. The monoisotopic (exact) mass is 272 g/mol. The van der Waals surface area contributed by atoms with E-state index in [0.29, 0.717) is 6.61 Å². The fourth-order valence-corrected chi connectivity index (χ4v) is 1.83. The maximum atomic E-state index is 5.70. The molecule has 4 nitrogen and oxygen atoms in total. The summed E-state index contributed by atoms with van der Waals surface area (Å²) in [6.45, 7) is 1.42. The molecule has 0 aromatic heterocycles. The second-order valence-corrected chi connectivity index (χ2v) is 4.54. The average molecular weight is 272 g/mol. The third-order valence-corrected chi connectivity index (χ3v) is 3.09. The molecule has 0 bridgehead atoms. The van der Waals surface area contributed by atoms with Crippen molar-refractivity contribution in [3.8, 4) is 11.5 Å². The number of nitrogen functional groups attached to an aromatic ring is 1. The van der Waals surface area contributed by atoms with E-state index in [4.69, 9.17) is 15.2 Å². The largest absolute Gasteiger partial charge is 0.497 e. The minimum absolute atomic E-state index is 0.618. The van der Waals surface area contributed by atoms with Crippen LogP contribution in [0.2, 0.25) is 0 Å². The standard InChI is InChI=1S/C16H20N2O2/c1-18(14-5-3-13(17)4-6-14)11-12-20-16-9-7-15(19-2)8-10-16/h3-10H,11-12,17H2,1-2H3. The van der Waals surface area contributed by atoms with Gasteiger partial charge in [-0.15, -0.1) is 0 Å². The van der Waals surface area contributed by atoms with E-state index in [0.717, 1.165) is 29.4 Å². The van der Waals surface area contributed by atoms with Crippen molar-refractivity contribution < 1.29 is 9.47 Å². The van der Waals surface area contributed by atoms with E-state index in [9.17, 15) is 0 Å². The van der Waals surface area contributed by atoms with Gasteiger partial charge >= 0.3 is 0 Å². The van der Waals surface area contributed by atoms with Crippen LogP contribution in [0.5, 0.6) is 11.5 Å². The summed E-state index contributed by atoms with van der Waals surface area (Å²) in [7, 11) is 3.68. The van der Waals surface area contributed by atoms with Crippen molar-refractivity contribution in [1.29, 1.82) is 0 Å². The Morgan fingerprint density at radius 2 is 1.55 bits per heavy atom. The van der Waals surface area contributed by atoms with Gasteiger partial charge in [0.05, 0.1) is 13.7 Å². The maximum absolute atomic E-state index is 5.70. The van der Waals surface area contributed by atoms with E-state index in [-0.39, 0.29) is 0 Å². The van der Waals surface area contributed by atoms with Crippen LogP contribution in [-0.4, -0.2) is 27.3 Å². The summed E-state index contributed by atoms with van der Waals surface area (Å²) in [5.74, 6) is 1.67. The molecule has 0 unspecified atom stereocenters. The maximum Gasteiger partial charge on any atom is 0.119 e. The number of methoxy groups -OCH3 is 1. The second-order valence-electron chi connectivity index (χ2n) is 4.54. The van der Waals surface area contributed by atoms with Gasteiger partial charge in [-0.25, -0.2) is 0 Å². The molecule has 0 heterocycles. The topological polar surface area (TPSA) is 47.7 Å². The van der Waals surface area contributed by atoms with Gasteiger partial charge in [0.25, 0.3) is 0 Å². The molecule has 0 spiro atoms. The van der Waals surface area contributed by atoms with Gasteiger partial charge in [0.1, 0.15) is 18.1 Å². The Labute approximate surface area is 119 Å². The van der Waals surface area contributed by atoms with Gasteiger partial charge in [0.15, 0.2) is 0 Å². The lowest BCUT2D eigenvalue weighted by Crippen LogP contribution is -2.23. The Hall–Kier alpha value is -2.36. The van der Waals surface area contributed by atoms with Gasteiger partial charge in [-0.05, 0) is 48.5 Å². The zero-order valence-corrected chi connectivity index (χ0v) is 11.9. The van der Waals surface area contributed by atoms with Crippen LogP contribution in [0.4, 0.5) is 11.4 Å². The predicted molar refractivity (Wildman–Crippen MR) is 82.6 cm³/mol. The molecule has 2 aromatic carbocycles. The molecule has 2 rings (SSSR count). The first-order valence-electron chi connectivity index (χ1n) is 6.52. The summed E-state index contributed by atoms with van der Waals surface area (Å²) in [6.07, 6.45) is 0. The van der Waals surface area contributed by atoms with Crippen molar-refractivity contribution in [2.24, 2.45) is 0 Å². The molecule has 0 fully saturated rings. The lowest BCUT2D eigenvalue weighted by molar-refractivity contribution is 0.325. The zero-order chi connectivity index (χ0) is 14.4. The molecule has 4 heteroatoms. The number of hydrogen-bond acceptors (Lipinski definition) is 4. The molecule has 0 radical (unpaired) electrons. The molecule has 0 saturated carbocycles. The lowest BCUT2D eigenvalue weighted by atomic mass is 10.2. The lowest BCUT2D eigenvalue weighted by Gasteiger charge is -2.19. The number of nitrogens with two attached hydrogens (primary N) is 1. The molecule has 0 aliphatic rings. The van der Waals surface area contributed by atoms with Crippen LogP contribution in [0.25, 0.3) is 0 Å². The number of nitrogens with zero attached hydrogens (tertiary/aromatic N) is 1. The Bertz CT molecular complexity index is 523. The first kappa shape index (κ1) is 14.1. The molecule has 2 aromatic rings. The van der Waals surface area contributed by atoms with Crippen molar-refractivity contribution >= 4 is 11.4 Å². The molecular weight excluding hydrogens is 252 g/mol. The highest BCUT2D eigenvalue weighted by Gasteiger charge is 2.01. The Morgan fingerprint density at radius 1 is 0.950 bits per heavy atom. The third-order valence-electron chi connectivity index (χ3n) is 3.09. The van der Waals surface area contributed by atoms with E-state index in [1.807, 2.05) is 55.6 Å². The summed E-state index contributed by atoms with van der Waals surface area (Å²) in [5.41, 5.74) is 7.57. The zero-order valence-electron chi connectivity index (χ0n) is 11.9. The van der Waals surface area contributed by atoms with E-state index in [1.165, 1.54) is 0 Å². The third kappa shape index (κ3) is 3.82. The van der Waals surface area contributed by atoms with E-state index in [2.05, 4.69) is 4.90 Å². The number of hydrogen-bond donors (Lipinski definition) is 1. The van der Waals surface area contributed by atoms with Crippen LogP contribution in [0.15, 0.2) is 48.5 Å². The van der Waals surface area contributed by atoms with Crippen molar-refractivity contribution in [2.75, 3.05) is 37.9 Å². The fraction of sp³-hybridized carbons (Fsp3) is 0.250. The van der Waals surface area contributed by atoms with Crippen LogP contribution in [0, 0.1) is 0 Å². The van der Waals surface area contributed by atoms with Gasteiger partial charge in [-0.3, -0.25) is 0 Å². The molecule has 0 aliphatic carbocycles. The molecule has 106 valence electrons. The van der Waals surface area contributed by atoms with Crippen molar-refractivity contribution in [1.82, 2.24) is 0 Å². The highest BCUT2D eigenvalue weighted by atomic mass is 16.5. The summed E-state index contributed by atoms with van der Waals surface area (Å²) in [4.78, 5) is 2.13. The first-order chi connectivity index (χ1) is 9.69. The minimum atomic E-state index is 0.618. The molecule has 0 saturated heterocycles. The molecule has 0 amide bonds. The van der Waals surface area contributed by atoms with Crippen molar-refractivity contribution in [3.63, 3.8) is 0 Å². The minimum Gasteiger partial charge on any atom is -0.497 e. The summed E-state index contributed by atoms with van der Waals surface area (Å²) >= 11 is 0. The number of rotatable bonds is 6. The van der Waals surface area contributed by atoms with Gasteiger partial charge < -0.3 is 20.1 Å². The van der Waals surface area contributed by atoms with Gasteiger partial charge in [-0.1, -0.05) is 0 Å². The summed E-state index contributed by atoms with van der Waals surface area (Å²) in [5, 5.41) is 0. The van der Waals surface area contributed by atoms with E-state index >= 15 is 0 Å². The number of likely N-dealkylation sites (N-methyl/N-ethyl adjacent to an activating group) is 1. The van der Waals surface area contributed by atoms with Gasteiger partial charge in [-0.2, -0.15) is 0 Å². The van der Waals surface area contributed by atoms with Gasteiger partial charge in [0, 0.05) is 18.4 Å². The smallest absolute Gasteiger partial charge is 0.119 e. The highest BCUT2D eigenvalue weighted by Crippen LogP contribution is 2.18. The number of benzene rings is 2. The van der Waals surface area contributed by atoms with Crippen LogP contribution in [0.1, 0.15) is 0 Å². The second kappa shape index (κ2) is 6.70. The highest BCUT2D eigenvalue weighted by molar-refractivity contribution is 5.52. The Morgan fingerprint density at radius 3 is 2.15 bits per heavy atom. The fourth-order valence-electron chi connectivity index (χ4n) is 1.83. The van der Waals surface area contributed by atoms with Crippen LogP contribution < -0.4 is 20.1 Å². The van der Waals surface area contributed by atoms with Crippen molar-refractivity contribution in [2.45, 2.75) is 0 Å². The van der Waals surface area contributed by atoms with E-state index < -0.39 is 0 Å². The van der Waals surface area contributed by atoms with Crippen LogP contribution >= 0.6 is 0 Å². The van der Waals surface area contributed by atoms with E-state index in [1.54, 1.807) is 7.11 Å². The predicted octanol–water partition coefficient (Wildman–Crippen LogP) is 2.79. The summed E-state index contributed by atoms with van der Waals surface area (Å²) in [6, 6.07) is 15.4. The SMILES string of the molecule is COc1ccc(OCCN(C)c2ccc(N)cc2)cc1. The molecule has 2 N–H and O–H groups in total. The first-order valence-corrected chi connectivity index (χ1v) is 6.52. The Balaban J connectivity index is 1.81. The van der Waals surface area contributed by atoms with Crippen LogP contribution in [-0.2, 0) is 0 Å². The van der Waals surface area contributed by atoms with Gasteiger partial charge in [0.2, 0.25) is 0 Å². The van der Waals surface area contributed by atoms with Crippen LogP contribution in [0.3, 0.4) is 0 Å². The number of ether oxygens (including phenoxy) is 2. The number of anilines is 2.